The molecule has 0 bridgehead atoms. The van der Waals surface area contributed by atoms with Gasteiger partial charge in [-0.05, 0) is 5.56 Å². The van der Waals surface area contributed by atoms with Crippen molar-refractivity contribution in [3.05, 3.63) is 48.2 Å². The van der Waals surface area contributed by atoms with Gasteiger partial charge in [0.2, 0.25) is 6.41 Å². The average molecular weight is 189 g/mol. The molecule has 0 heterocycles. The van der Waals surface area contributed by atoms with Gasteiger partial charge in [-0.2, -0.15) is 0 Å². The molecule has 0 fully saturated rings. The van der Waals surface area contributed by atoms with Gasteiger partial charge in [0.25, 0.3) is 0 Å². The molecule has 0 aliphatic rings. The largest absolute Gasteiger partial charge is 0.325 e. The van der Waals surface area contributed by atoms with Gasteiger partial charge in [0, 0.05) is 19.2 Å². The van der Waals surface area contributed by atoms with E-state index in [0.717, 1.165) is 6.41 Å². The van der Waals surface area contributed by atoms with Gasteiger partial charge in [-0.3, -0.25) is 4.79 Å². The monoisotopic (exact) mass is 189 g/mol. The molecule has 2 heteroatoms. The van der Waals surface area contributed by atoms with Crippen molar-refractivity contribution in [3.8, 4) is 0 Å². The fraction of sp³-hybridized carbons (Fsp3) is 0.250. The highest BCUT2D eigenvalue weighted by atomic mass is 16.1. The van der Waals surface area contributed by atoms with E-state index < -0.39 is 0 Å². The molecule has 74 valence electrons. The summed E-state index contributed by atoms with van der Waals surface area (Å²) in [6.07, 6.45) is 4.57. The molecule has 0 N–H and O–H groups in total. The molecule has 1 aromatic carbocycles. The lowest BCUT2D eigenvalue weighted by Crippen LogP contribution is -2.06. The molecule has 0 saturated carbocycles. The maximum Gasteiger partial charge on any atom is 0.213 e. The van der Waals surface area contributed by atoms with Crippen LogP contribution in [0.3, 0.4) is 0 Å². The summed E-state index contributed by atoms with van der Waals surface area (Å²) in [5, 5.41) is 0. The van der Waals surface area contributed by atoms with Crippen LogP contribution in [0.15, 0.2) is 42.6 Å². The van der Waals surface area contributed by atoms with Gasteiger partial charge in [0.15, 0.2) is 0 Å². The minimum atomic E-state index is 0.332. The molecule has 1 amide bonds. The number of carbonyl (C=O) groups excluding carboxylic acids is 1. The third-order valence-electron chi connectivity index (χ3n) is 2.10. The second kappa shape index (κ2) is 5.22. The van der Waals surface area contributed by atoms with Gasteiger partial charge in [0.05, 0.1) is 0 Å². The minimum Gasteiger partial charge on any atom is -0.325 e. The van der Waals surface area contributed by atoms with E-state index in [4.69, 9.17) is 0 Å². The second-order valence-electron chi connectivity index (χ2n) is 3.31. The van der Waals surface area contributed by atoms with Gasteiger partial charge in [-0.1, -0.05) is 43.3 Å². The smallest absolute Gasteiger partial charge is 0.213 e. The van der Waals surface area contributed by atoms with Crippen LogP contribution in [0.5, 0.6) is 0 Å². The van der Waals surface area contributed by atoms with Crippen molar-refractivity contribution in [1.82, 2.24) is 4.90 Å². The number of hydrogen-bond acceptors (Lipinski definition) is 1. The number of carbonyl (C=O) groups is 1. The van der Waals surface area contributed by atoms with E-state index in [2.05, 4.69) is 19.1 Å². The Morgan fingerprint density at radius 1 is 1.29 bits per heavy atom. The Morgan fingerprint density at radius 3 is 2.50 bits per heavy atom. The number of nitrogens with zero attached hydrogens (tertiary/aromatic N) is 1. The summed E-state index contributed by atoms with van der Waals surface area (Å²) in [4.78, 5) is 11.8. The van der Waals surface area contributed by atoms with Crippen LogP contribution in [0, 0.1) is 0 Å². The molecule has 0 aliphatic carbocycles. The molecule has 0 radical (unpaired) electrons. The molecule has 0 spiro atoms. The number of rotatable bonds is 4. The van der Waals surface area contributed by atoms with Crippen LogP contribution in [-0.4, -0.2) is 18.4 Å². The molecule has 0 aromatic heterocycles. The predicted molar refractivity (Wildman–Crippen MR) is 57.8 cm³/mol. The highest BCUT2D eigenvalue weighted by Gasteiger charge is 1.99. The minimum absolute atomic E-state index is 0.332. The lowest BCUT2D eigenvalue weighted by Gasteiger charge is -2.08. The fourth-order valence-corrected chi connectivity index (χ4v) is 1.17. The van der Waals surface area contributed by atoms with E-state index in [9.17, 15) is 4.79 Å². The van der Waals surface area contributed by atoms with Crippen LogP contribution in [-0.2, 0) is 4.79 Å². The molecule has 0 aliphatic heterocycles. The fourth-order valence-electron chi connectivity index (χ4n) is 1.17. The van der Waals surface area contributed by atoms with Gasteiger partial charge >= 0.3 is 0 Å². The van der Waals surface area contributed by atoms with Gasteiger partial charge in [-0.15, -0.1) is 0 Å². The Bertz CT molecular complexity index is 305. The number of allylic oxidation sites excluding steroid dienone is 1. The average Bonchev–Trinajstić information content (AvgIpc) is 2.26. The van der Waals surface area contributed by atoms with E-state index in [1.165, 1.54) is 10.5 Å². The highest BCUT2D eigenvalue weighted by molar-refractivity contribution is 5.48. The van der Waals surface area contributed by atoms with E-state index >= 15 is 0 Å². The third kappa shape index (κ3) is 3.05. The Kier molecular flexibility index (Phi) is 3.92. The molecule has 2 nitrogen and oxygen atoms in total. The first-order chi connectivity index (χ1) is 6.74. The van der Waals surface area contributed by atoms with Gasteiger partial charge in [-0.25, -0.2) is 0 Å². The molecule has 1 atom stereocenters. The normalized spacial score (nSPS) is 12.7. The van der Waals surface area contributed by atoms with Crippen molar-refractivity contribution in [2.45, 2.75) is 12.8 Å². The first-order valence-electron chi connectivity index (χ1n) is 4.64. The maximum absolute atomic E-state index is 10.3. The van der Waals surface area contributed by atoms with Crippen molar-refractivity contribution in [1.29, 1.82) is 0 Å². The Balaban J connectivity index is 2.63. The standard InChI is InChI=1S/C12H15NO/c1-11(8-9-13(2)10-14)12-6-4-3-5-7-12/h3-11H,1-2H3/b9-8-. The van der Waals surface area contributed by atoms with Crippen molar-refractivity contribution < 1.29 is 4.79 Å². The zero-order chi connectivity index (χ0) is 10.4. The first-order valence-corrected chi connectivity index (χ1v) is 4.64. The molecule has 1 rings (SSSR count). The zero-order valence-electron chi connectivity index (χ0n) is 8.55. The van der Waals surface area contributed by atoms with Crippen LogP contribution in [0.2, 0.25) is 0 Å². The third-order valence-corrected chi connectivity index (χ3v) is 2.10. The summed E-state index contributed by atoms with van der Waals surface area (Å²) in [7, 11) is 1.72. The van der Waals surface area contributed by atoms with Crippen LogP contribution in [0.25, 0.3) is 0 Å². The number of benzene rings is 1. The molecule has 1 aromatic rings. The Labute approximate surface area is 84.9 Å². The van der Waals surface area contributed by atoms with Crippen LogP contribution in [0.1, 0.15) is 18.4 Å². The SMILES string of the molecule is CC(/C=C\N(C)C=O)c1ccccc1. The number of amides is 1. The summed E-state index contributed by atoms with van der Waals surface area (Å²) in [6.45, 7) is 2.10. The summed E-state index contributed by atoms with van der Waals surface area (Å²) in [5.41, 5.74) is 1.25. The van der Waals surface area contributed by atoms with Crippen molar-refractivity contribution in [2.75, 3.05) is 7.05 Å². The molecular weight excluding hydrogens is 174 g/mol. The number of hydrogen-bond donors (Lipinski definition) is 0. The summed E-state index contributed by atoms with van der Waals surface area (Å²) < 4.78 is 0. The lowest BCUT2D eigenvalue weighted by atomic mass is 10.0. The Hall–Kier alpha value is -1.57. The molecule has 1 unspecified atom stereocenters. The van der Waals surface area contributed by atoms with Crippen molar-refractivity contribution in [3.63, 3.8) is 0 Å². The highest BCUT2D eigenvalue weighted by Crippen LogP contribution is 2.15. The zero-order valence-corrected chi connectivity index (χ0v) is 8.55. The summed E-state index contributed by atoms with van der Waals surface area (Å²) >= 11 is 0. The molecule has 0 saturated heterocycles. The second-order valence-corrected chi connectivity index (χ2v) is 3.31. The maximum atomic E-state index is 10.3. The lowest BCUT2D eigenvalue weighted by molar-refractivity contribution is -0.115. The topological polar surface area (TPSA) is 20.3 Å². The first kappa shape index (κ1) is 10.5. The Morgan fingerprint density at radius 2 is 1.93 bits per heavy atom. The molecule has 14 heavy (non-hydrogen) atoms. The van der Waals surface area contributed by atoms with Gasteiger partial charge < -0.3 is 4.90 Å². The summed E-state index contributed by atoms with van der Waals surface area (Å²) in [5.74, 6) is 0.332. The van der Waals surface area contributed by atoms with Gasteiger partial charge in [0.1, 0.15) is 0 Å². The van der Waals surface area contributed by atoms with Crippen molar-refractivity contribution >= 4 is 6.41 Å². The van der Waals surface area contributed by atoms with E-state index in [1.807, 2.05) is 24.3 Å². The van der Waals surface area contributed by atoms with Crippen LogP contribution in [0.4, 0.5) is 0 Å². The van der Waals surface area contributed by atoms with E-state index in [0.29, 0.717) is 5.92 Å². The quantitative estimate of drug-likeness (QED) is 0.666. The van der Waals surface area contributed by atoms with Crippen molar-refractivity contribution in [2.24, 2.45) is 0 Å². The van der Waals surface area contributed by atoms with Crippen LogP contribution >= 0.6 is 0 Å². The van der Waals surface area contributed by atoms with Crippen LogP contribution < -0.4 is 0 Å². The summed E-state index contributed by atoms with van der Waals surface area (Å²) in [6, 6.07) is 10.2. The molecular formula is C12H15NO. The van der Waals surface area contributed by atoms with E-state index in [-0.39, 0.29) is 0 Å². The van der Waals surface area contributed by atoms with E-state index in [1.54, 1.807) is 13.2 Å². The predicted octanol–water partition coefficient (Wildman–Crippen LogP) is 2.39.